The van der Waals surface area contributed by atoms with Gasteiger partial charge in [0, 0.05) is 43.1 Å². The van der Waals surface area contributed by atoms with Crippen LogP contribution in [0.2, 0.25) is 5.02 Å². The van der Waals surface area contributed by atoms with Gasteiger partial charge >= 0.3 is 0 Å². The summed E-state index contributed by atoms with van der Waals surface area (Å²) in [6, 6.07) is 7.94. The Balaban J connectivity index is 1.49. The molecule has 0 bridgehead atoms. The van der Waals surface area contributed by atoms with Crippen LogP contribution >= 0.6 is 11.6 Å². The van der Waals surface area contributed by atoms with E-state index in [0.717, 1.165) is 36.9 Å². The number of benzene rings is 1. The van der Waals surface area contributed by atoms with Crippen LogP contribution in [0.3, 0.4) is 0 Å². The van der Waals surface area contributed by atoms with Crippen molar-refractivity contribution in [1.29, 1.82) is 0 Å². The fraction of sp³-hybridized carbons (Fsp3) is 0.286. The van der Waals surface area contributed by atoms with Gasteiger partial charge in [-0.25, -0.2) is 4.98 Å². The number of hydrogen-bond donors (Lipinski definition) is 0. The molecule has 1 saturated heterocycles. The topological polar surface area (TPSA) is 62.5 Å². The molecule has 2 aromatic heterocycles. The molecule has 8 heteroatoms. The summed E-state index contributed by atoms with van der Waals surface area (Å²) in [6.45, 7) is 3.47. The number of piperazine rings is 1. The van der Waals surface area contributed by atoms with Gasteiger partial charge < -0.3 is 9.80 Å². The molecule has 1 aliphatic heterocycles. The Labute approximate surface area is 132 Å². The molecule has 0 amide bonds. The number of imidazole rings is 1. The van der Waals surface area contributed by atoms with Gasteiger partial charge in [-0.05, 0) is 18.2 Å². The number of aromatic nitrogens is 5. The quantitative estimate of drug-likeness (QED) is 0.714. The van der Waals surface area contributed by atoms with Crippen LogP contribution in [0, 0.1) is 0 Å². The van der Waals surface area contributed by atoms with Crippen molar-refractivity contribution < 1.29 is 0 Å². The molecule has 1 fully saturated rings. The van der Waals surface area contributed by atoms with Crippen LogP contribution in [0.15, 0.2) is 36.7 Å². The van der Waals surface area contributed by atoms with Gasteiger partial charge in [-0.3, -0.25) is 0 Å². The zero-order chi connectivity index (χ0) is 14.9. The Kier molecular flexibility index (Phi) is 3.27. The molecule has 7 nitrogen and oxygen atoms in total. The van der Waals surface area contributed by atoms with Crippen molar-refractivity contribution in [2.75, 3.05) is 36.0 Å². The van der Waals surface area contributed by atoms with Crippen molar-refractivity contribution in [3.05, 3.63) is 41.7 Å². The van der Waals surface area contributed by atoms with E-state index in [4.69, 9.17) is 11.6 Å². The van der Waals surface area contributed by atoms with Gasteiger partial charge in [-0.1, -0.05) is 17.7 Å². The molecule has 0 radical (unpaired) electrons. The second-order valence-electron chi connectivity index (χ2n) is 5.13. The van der Waals surface area contributed by atoms with Crippen molar-refractivity contribution in [2.24, 2.45) is 0 Å². The van der Waals surface area contributed by atoms with Crippen LogP contribution in [-0.4, -0.2) is 51.0 Å². The molecule has 0 saturated carbocycles. The van der Waals surface area contributed by atoms with E-state index < -0.39 is 0 Å². The van der Waals surface area contributed by atoms with Gasteiger partial charge in [0.05, 0.1) is 6.20 Å². The highest BCUT2D eigenvalue weighted by atomic mass is 35.5. The fourth-order valence-electron chi connectivity index (χ4n) is 2.61. The van der Waals surface area contributed by atoms with Crippen molar-refractivity contribution in [1.82, 2.24) is 24.8 Å². The second-order valence-corrected chi connectivity index (χ2v) is 5.56. The van der Waals surface area contributed by atoms with Crippen molar-refractivity contribution >= 4 is 29.0 Å². The number of fused-ring (bicyclic) bond motifs is 1. The lowest BCUT2D eigenvalue weighted by Crippen LogP contribution is -2.47. The van der Waals surface area contributed by atoms with Gasteiger partial charge in [0.25, 0.3) is 11.7 Å². The Morgan fingerprint density at radius 2 is 1.82 bits per heavy atom. The zero-order valence-corrected chi connectivity index (χ0v) is 12.6. The molecular formula is C14H14ClN7. The molecule has 4 rings (SSSR count). The second kappa shape index (κ2) is 5.42. The number of hydrogen-bond acceptors (Lipinski definition) is 6. The predicted molar refractivity (Wildman–Crippen MR) is 84.5 cm³/mol. The van der Waals surface area contributed by atoms with Gasteiger partial charge in [0.15, 0.2) is 0 Å². The van der Waals surface area contributed by atoms with Crippen LogP contribution < -0.4 is 9.80 Å². The summed E-state index contributed by atoms with van der Waals surface area (Å²) >= 11 is 6.06. The first-order valence-electron chi connectivity index (χ1n) is 7.09. The molecule has 22 heavy (non-hydrogen) atoms. The molecule has 0 spiro atoms. The lowest BCUT2D eigenvalue weighted by molar-refractivity contribution is 0.625. The minimum absolute atomic E-state index is 0.515. The number of rotatable bonds is 2. The summed E-state index contributed by atoms with van der Waals surface area (Å²) in [5.41, 5.74) is 1.15. The summed E-state index contributed by atoms with van der Waals surface area (Å²) in [5, 5.41) is 13.4. The van der Waals surface area contributed by atoms with E-state index in [1.807, 2.05) is 18.2 Å². The Morgan fingerprint density at radius 1 is 1.00 bits per heavy atom. The average Bonchev–Trinajstić information content (AvgIpc) is 3.02. The standard InChI is InChI=1S/C14H14ClN7/c15-11-2-1-3-12(10-11)20-6-8-21(9-7-20)14-18-17-13-16-4-5-22(13)19-14/h1-5,10H,6-9H2. The normalized spacial score (nSPS) is 15.5. The van der Waals surface area contributed by atoms with Gasteiger partial charge in [0.2, 0.25) is 0 Å². The Bertz CT molecular complexity index is 794. The lowest BCUT2D eigenvalue weighted by atomic mass is 10.2. The largest absolute Gasteiger partial charge is 0.368 e. The number of halogens is 1. The maximum atomic E-state index is 6.06. The first-order chi connectivity index (χ1) is 10.8. The van der Waals surface area contributed by atoms with Crippen LogP contribution in [0.1, 0.15) is 0 Å². The average molecular weight is 316 g/mol. The van der Waals surface area contributed by atoms with Crippen LogP contribution in [0.25, 0.3) is 5.78 Å². The molecule has 112 valence electrons. The molecular weight excluding hydrogens is 302 g/mol. The van der Waals surface area contributed by atoms with Gasteiger partial charge in [0.1, 0.15) is 0 Å². The molecule has 0 atom stereocenters. The molecule has 1 aliphatic rings. The highest BCUT2D eigenvalue weighted by Crippen LogP contribution is 2.21. The van der Waals surface area contributed by atoms with Crippen LogP contribution in [0.5, 0.6) is 0 Å². The van der Waals surface area contributed by atoms with Crippen molar-refractivity contribution in [2.45, 2.75) is 0 Å². The highest BCUT2D eigenvalue weighted by Gasteiger charge is 2.20. The van der Waals surface area contributed by atoms with E-state index in [1.54, 1.807) is 16.9 Å². The summed E-state index contributed by atoms with van der Waals surface area (Å²) in [4.78, 5) is 8.50. The molecule has 3 aromatic rings. The molecule has 1 aromatic carbocycles. The Hall–Kier alpha value is -2.41. The number of nitrogens with zero attached hydrogens (tertiary/aromatic N) is 7. The van der Waals surface area contributed by atoms with E-state index in [9.17, 15) is 0 Å². The predicted octanol–water partition coefficient (Wildman–Crippen LogP) is 1.50. The third kappa shape index (κ3) is 2.43. The van der Waals surface area contributed by atoms with E-state index in [-0.39, 0.29) is 0 Å². The molecule has 0 N–H and O–H groups in total. The van der Waals surface area contributed by atoms with Crippen LogP contribution in [0.4, 0.5) is 11.6 Å². The first kappa shape index (κ1) is 13.3. The minimum Gasteiger partial charge on any atom is -0.368 e. The SMILES string of the molecule is Clc1cccc(N2CCN(c3nnc4nccn4n3)CC2)c1. The first-order valence-corrected chi connectivity index (χ1v) is 7.47. The van der Waals surface area contributed by atoms with E-state index in [0.29, 0.717) is 11.7 Å². The smallest absolute Gasteiger partial charge is 0.270 e. The fourth-order valence-corrected chi connectivity index (χ4v) is 2.79. The van der Waals surface area contributed by atoms with E-state index >= 15 is 0 Å². The number of anilines is 2. The monoisotopic (exact) mass is 315 g/mol. The lowest BCUT2D eigenvalue weighted by Gasteiger charge is -2.35. The highest BCUT2D eigenvalue weighted by molar-refractivity contribution is 6.30. The molecule has 0 unspecified atom stereocenters. The zero-order valence-electron chi connectivity index (χ0n) is 11.8. The van der Waals surface area contributed by atoms with Crippen molar-refractivity contribution in [3.63, 3.8) is 0 Å². The maximum Gasteiger partial charge on any atom is 0.270 e. The minimum atomic E-state index is 0.515. The van der Waals surface area contributed by atoms with E-state index in [1.165, 1.54) is 0 Å². The molecule has 0 aliphatic carbocycles. The summed E-state index contributed by atoms with van der Waals surface area (Å²) in [5.74, 6) is 1.15. The maximum absolute atomic E-state index is 6.06. The third-order valence-electron chi connectivity index (χ3n) is 3.76. The van der Waals surface area contributed by atoms with Gasteiger partial charge in [-0.2, -0.15) is 4.52 Å². The van der Waals surface area contributed by atoms with Crippen LogP contribution in [-0.2, 0) is 0 Å². The van der Waals surface area contributed by atoms with Crippen molar-refractivity contribution in [3.8, 4) is 0 Å². The summed E-state index contributed by atoms with van der Waals surface area (Å²) in [7, 11) is 0. The molecule has 3 heterocycles. The summed E-state index contributed by atoms with van der Waals surface area (Å²) in [6.07, 6.45) is 3.44. The van der Waals surface area contributed by atoms with Gasteiger partial charge in [-0.15, -0.1) is 15.3 Å². The summed E-state index contributed by atoms with van der Waals surface area (Å²) < 4.78 is 1.64. The van der Waals surface area contributed by atoms with E-state index in [2.05, 4.69) is 36.1 Å². The third-order valence-corrected chi connectivity index (χ3v) is 4.00. The Morgan fingerprint density at radius 3 is 2.64 bits per heavy atom.